The molecule has 1 unspecified atom stereocenters. The lowest BCUT2D eigenvalue weighted by molar-refractivity contribution is -0.141. The summed E-state index contributed by atoms with van der Waals surface area (Å²) in [6.45, 7) is 9.20. The summed E-state index contributed by atoms with van der Waals surface area (Å²) in [5.41, 5.74) is 3.35. The fraction of sp³-hybridized carbons (Fsp3) is 0.440. The number of benzene rings is 2. The molecule has 1 atom stereocenters. The molecule has 0 saturated carbocycles. The van der Waals surface area contributed by atoms with Crippen molar-refractivity contribution in [2.75, 3.05) is 6.54 Å². The van der Waals surface area contributed by atoms with Gasteiger partial charge in [-0.15, -0.1) is 0 Å². The van der Waals surface area contributed by atoms with Gasteiger partial charge in [-0.05, 0) is 36.8 Å². The fourth-order valence-electron chi connectivity index (χ4n) is 3.27. The summed E-state index contributed by atoms with van der Waals surface area (Å²) in [6, 6.07) is 17.7. The minimum absolute atomic E-state index is 0.0148. The highest BCUT2D eigenvalue weighted by Crippen LogP contribution is 2.16. The summed E-state index contributed by atoms with van der Waals surface area (Å²) in [4.78, 5) is 27.8. The van der Waals surface area contributed by atoms with Crippen LogP contribution in [-0.4, -0.2) is 29.3 Å². The van der Waals surface area contributed by atoms with Crippen LogP contribution in [0.1, 0.15) is 50.3 Å². The number of hydrogen-bond acceptors (Lipinski definition) is 2. The van der Waals surface area contributed by atoms with Crippen LogP contribution < -0.4 is 5.32 Å². The van der Waals surface area contributed by atoms with Crippen LogP contribution in [0.5, 0.6) is 0 Å². The molecule has 0 saturated heterocycles. The predicted molar refractivity (Wildman–Crippen MR) is 118 cm³/mol. The number of nitrogens with zero attached hydrogens (tertiary/aromatic N) is 1. The number of amides is 2. The quantitative estimate of drug-likeness (QED) is 0.645. The molecule has 2 amide bonds. The summed E-state index contributed by atoms with van der Waals surface area (Å²) in [5, 5.41) is 3.00. The van der Waals surface area contributed by atoms with Crippen molar-refractivity contribution >= 4 is 11.8 Å². The van der Waals surface area contributed by atoms with Crippen LogP contribution in [-0.2, 0) is 22.6 Å². The number of carbonyl (C=O) groups is 2. The van der Waals surface area contributed by atoms with Crippen LogP contribution in [0.2, 0.25) is 0 Å². The first-order chi connectivity index (χ1) is 13.9. The van der Waals surface area contributed by atoms with Gasteiger partial charge in [0.2, 0.25) is 11.8 Å². The van der Waals surface area contributed by atoms with E-state index in [1.54, 1.807) is 4.90 Å². The average Bonchev–Trinajstić information content (AvgIpc) is 2.72. The first-order valence-electron chi connectivity index (χ1n) is 10.6. The molecule has 0 aliphatic rings. The van der Waals surface area contributed by atoms with Crippen LogP contribution in [0, 0.1) is 12.8 Å². The molecule has 1 N–H and O–H groups in total. The zero-order valence-corrected chi connectivity index (χ0v) is 18.2. The zero-order valence-electron chi connectivity index (χ0n) is 18.2. The zero-order chi connectivity index (χ0) is 21.2. The largest absolute Gasteiger partial charge is 0.354 e. The van der Waals surface area contributed by atoms with Gasteiger partial charge in [0.05, 0.1) is 0 Å². The van der Waals surface area contributed by atoms with E-state index in [-0.39, 0.29) is 11.8 Å². The predicted octanol–water partition coefficient (Wildman–Crippen LogP) is 4.51. The molecule has 2 aromatic rings. The second kappa shape index (κ2) is 11.4. The lowest BCUT2D eigenvalue weighted by atomic mass is 10.1. The first kappa shape index (κ1) is 22.7. The molecule has 0 aliphatic carbocycles. The van der Waals surface area contributed by atoms with Crippen molar-refractivity contribution in [3.8, 4) is 0 Å². The van der Waals surface area contributed by atoms with Gasteiger partial charge in [0.15, 0.2) is 0 Å². The molecule has 0 radical (unpaired) electrons. The number of hydrogen-bond donors (Lipinski definition) is 1. The van der Waals surface area contributed by atoms with Crippen LogP contribution >= 0.6 is 0 Å². The van der Waals surface area contributed by atoms with Crippen molar-refractivity contribution in [2.45, 2.75) is 59.5 Å². The smallest absolute Gasteiger partial charge is 0.242 e. The Balaban J connectivity index is 2.16. The fourth-order valence-corrected chi connectivity index (χ4v) is 3.27. The van der Waals surface area contributed by atoms with E-state index >= 15 is 0 Å². The average molecular weight is 395 g/mol. The summed E-state index contributed by atoms with van der Waals surface area (Å²) >= 11 is 0. The number of rotatable bonds is 10. The Morgan fingerprint density at radius 1 is 0.966 bits per heavy atom. The molecule has 0 spiro atoms. The topological polar surface area (TPSA) is 49.4 Å². The normalized spacial score (nSPS) is 11.9. The Hall–Kier alpha value is -2.62. The first-order valence-corrected chi connectivity index (χ1v) is 10.6. The number of aryl methyl sites for hydroxylation is 2. The molecule has 29 heavy (non-hydrogen) atoms. The highest BCUT2D eigenvalue weighted by Gasteiger charge is 2.28. The van der Waals surface area contributed by atoms with Crippen molar-refractivity contribution < 1.29 is 9.59 Å². The van der Waals surface area contributed by atoms with Crippen molar-refractivity contribution in [3.63, 3.8) is 0 Å². The van der Waals surface area contributed by atoms with E-state index in [1.807, 2.05) is 68.4 Å². The van der Waals surface area contributed by atoms with Gasteiger partial charge in [-0.2, -0.15) is 0 Å². The Kier molecular flexibility index (Phi) is 8.91. The molecular formula is C25H34N2O2. The van der Waals surface area contributed by atoms with Crippen molar-refractivity contribution in [1.82, 2.24) is 10.2 Å². The van der Waals surface area contributed by atoms with Crippen LogP contribution in [0.15, 0.2) is 54.6 Å². The molecule has 2 aromatic carbocycles. The number of nitrogens with one attached hydrogen (secondary N) is 1. The molecule has 4 heteroatoms. The standard InChI is InChI=1S/C25H34N2O2/c1-5-23(25(29)26-17-19(2)3)27(18-22-13-11-20(4)12-14-22)24(28)16-15-21-9-7-6-8-10-21/h6-14,19,23H,5,15-18H2,1-4H3,(H,26,29). The lowest BCUT2D eigenvalue weighted by Gasteiger charge is -2.31. The van der Waals surface area contributed by atoms with Crippen molar-refractivity contribution in [2.24, 2.45) is 5.92 Å². The van der Waals surface area contributed by atoms with Gasteiger partial charge in [0.1, 0.15) is 6.04 Å². The minimum atomic E-state index is -0.460. The van der Waals surface area contributed by atoms with Gasteiger partial charge in [-0.25, -0.2) is 0 Å². The van der Waals surface area contributed by atoms with Gasteiger partial charge >= 0.3 is 0 Å². The van der Waals surface area contributed by atoms with Gasteiger partial charge in [0.25, 0.3) is 0 Å². The Morgan fingerprint density at radius 2 is 1.62 bits per heavy atom. The van der Waals surface area contributed by atoms with Gasteiger partial charge in [0, 0.05) is 19.5 Å². The van der Waals surface area contributed by atoms with E-state index in [9.17, 15) is 9.59 Å². The monoisotopic (exact) mass is 394 g/mol. The van der Waals surface area contributed by atoms with Crippen LogP contribution in [0.3, 0.4) is 0 Å². The molecule has 4 nitrogen and oxygen atoms in total. The van der Waals surface area contributed by atoms with E-state index in [2.05, 4.69) is 19.2 Å². The van der Waals surface area contributed by atoms with Gasteiger partial charge in [-0.1, -0.05) is 80.9 Å². The Bertz CT molecular complexity index is 769. The lowest BCUT2D eigenvalue weighted by Crippen LogP contribution is -2.49. The summed E-state index contributed by atoms with van der Waals surface area (Å²) in [7, 11) is 0. The van der Waals surface area contributed by atoms with E-state index in [0.717, 1.165) is 11.1 Å². The second-order valence-electron chi connectivity index (χ2n) is 8.06. The SMILES string of the molecule is CCC(C(=O)NCC(C)C)N(Cc1ccc(C)cc1)C(=O)CCc1ccccc1. The second-order valence-corrected chi connectivity index (χ2v) is 8.06. The number of carbonyl (C=O) groups excluding carboxylic acids is 2. The van der Waals surface area contributed by atoms with E-state index in [1.165, 1.54) is 5.56 Å². The summed E-state index contributed by atoms with van der Waals surface area (Å²) < 4.78 is 0. The Morgan fingerprint density at radius 3 is 2.21 bits per heavy atom. The molecule has 0 bridgehead atoms. The van der Waals surface area contributed by atoms with Crippen molar-refractivity contribution in [1.29, 1.82) is 0 Å². The van der Waals surface area contributed by atoms with Gasteiger partial charge < -0.3 is 10.2 Å². The Labute approximate surface area is 175 Å². The molecule has 0 aliphatic heterocycles. The molecular weight excluding hydrogens is 360 g/mol. The van der Waals surface area contributed by atoms with Gasteiger partial charge in [-0.3, -0.25) is 9.59 Å². The summed E-state index contributed by atoms with van der Waals surface area (Å²) in [5.74, 6) is 0.318. The van der Waals surface area contributed by atoms with Crippen molar-refractivity contribution in [3.05, 3.63) is 71.3 Å². The van der Waals surface area contributed by atoms with E-state index in [4.69, 9.17) is 0 Å². The molecule has 0 heterocycles. The maximum atomic E-state index is 13.2. The van der Waals surface area contributed by atoms with E-state index < -0.39 is 6.04 Å². The summed E-state index contributed by atoms with van der Waals surface area (Å²) in [6.07, 6.45) is 1.66. The van der Waals surface area contributed by atoms with Crippen LogP contribution in [0.4, 0.5) is 0 Å². The third kappa shape index (κ3) is 7.37. The maximum Gasteiger partial charge on any atom is 0.242 e. The molecule has 0 fully saturated rings. The molecule has 2 rings (SSSR count). The molecule has 0 aromatic heterocycles. The minimum Gasteiger partial charge on any atom is -0.354 e. The third-order valence-electron chi connectivity index (χ3n) is 5.01. The maximum absolute atomic E-state index is 13.2. The third-order valence-corrected chi connectivity index (χ3v) is 5.01. The highest BCUT2D eigenvalue weighted by molar-refractivity contribution is 5.87. The molecule has 156 valence electrons. The van der Waals surface area contributed by atoms with Crippen LogP contribution in [0.25, 0.3) is 0 Å². The van der Waals surface area contributed by atoms with E-state index in [0.29, 0.717) is 38.3 Å². The highest BCUT2D eigenvalue weighted by atomic mass is 16.2.